The summed E-state index contributed by atoms with van der Waals surface area (Å²) >= 11 is 3.39. The molecule has 0 amide bonds. The van der Waals surface area contributed by atoms with Gasteiger partial charge in [0, 0.05) is 5.33 Å². The van der Waals surface area contributed by atoms with Gasteiger partial charge in [0.15, 0.2) is 0 Å². The van der Waals surface area contributed by atoms with Crippen LogP contribution in [0.25, 0.3) is 0 Å². The minimum atomic E-state index is 0.927. The van der Waals surface area contributed by atoms with E-state index in [-0.39, 0.29) is 0 Å². The van der Waals surface area contributed by atoms with Gasteiger partial charge in [-0.05, 0) is 24.1 Å². The second-order valence-electron chi connectivity index (χ2n) is 1.99. The fourth-order valence-electron chi connectivity index (χ4n) is 0.687. The first kappa shape index (κ1) is 6.81. The molecule has 0 N–H and O–H groups in total. The van der Waals surface area contributed by atoms with Gasteiger partial charge in [-0.25, -0.2) is 0 Å². The van der Waals surface area contributed by atoms with E-state index in [1.807, 2.05) is 12.1 Å². The summed E-state index contributed by atoms with van der Waals surface area (Å²) in [5, 5.41) is 0.927. The van der Waals surface area contributed by atoms with Gasteiger partial charge in [-0.1, -0.05) is 34.1 Å². The molecule has 0 bridgehead atoms. The van der Waals surface area contributed by atoms with Crippen molar-refractivity contribution in [2.75, 3.05) is 0 Å². The Hall–Kier alpha value is -0.300. The lowest BCUT2D eigenvalue weighted by molar-refractivity contribution is 1.32. The molecular weight excluding hydrogens is 176 g/mol. The molecule has 0 aliphatic heterocycles. The van der Waals surface area contributed by atoms with Crippen LogP contribution >= 0.6 is 15.9 Å². The normalized spacial score (nSPS) is 9.56. The molecule has 1 aromatic rings. The first-order valence-corrected chi connectivity index (χ1v) is 3.98. The highest BCUT2D eigenvalue weighted by Crippen LogP contribution is 2.09. The van der Waals surface area contributed by atoms with Crippen molar-refractivity contribution in [1.82, 2.24) is 0 Å². The van der Waals surface area contributed by atoms with Crippen LogP contribution in [0.4, 0.5) is 0 Å². The number of aryl methyl sites for hydroxylation is 1. The van der Waals surface area contributed by atoms with Crippen molar-refractivity contribution < 1.29 is 0 Å². The van der Waals surface area contributed by atoms with E-state index in [0.717, 1.165) is 5.33 Å². The highest BCUT2D eigenvalue weighted by molar-refractivity contribution is 9.08. The van der Waals surface area contributed by atoms with Crippen LogP contribution in [0.3, 0.4) is 0 Å². The van der Waals surface area contributed by atoms with Crippen LogP contribution in [0, 0.1) is 13.0 Å². The third-order valence-corrected chi connectivity index (χ3v) is 1.94. The molecule has 1 heteroatoms. The number of benzene rings is 1. The number of alkyl halides is 1. The smallest absolute Gasteiger partial charge is 0.0285 e. The Morgan fingerprint density at radius 2 is 2.44 bits per heavy atom. The van der Waals surface area contributed by atoms with Crippen molar-refractivity contribution in [3.63, 3.8) is 0 Å². The summed E-state index contributed by atoms with van der Waals surface area (Å²) in [4.78, 5) is 0. The Morgan fingerprint density at radius 1 is 1.67 bits per heavy atom. The van der Waals surface area contributed by atoms with Crippen LogP contribution in [-0.4, -0.2) is 0 Å². The molecule has 0 spiro atoms. The SMILES string of the molecule is Cc1cc[c]cc1CBr. The number of halogens is 1. The fourth-order valence-corrected chi connectivity index (χ4v) is 1.29. The molecule has 0 saturated heterocycles. The summed E-state index contributed by atoms with van der Waals surface area (Å²) in [6.45, 7) is 2.10. The Morgan fingerprint density at radius 3 is 2.89 bits per heavy atom. The average Bonchev–Trinajstić information content (AvgIpc) is 1.89. The Labute approximate surface area is 64.0 Å². The zero-order valence-electron chi connectivity index (χ0n) is 5.32. The van der Waals surface area contributed by atoms with Gasteiger partial charge in [0.05, 0.1) is 0 Å². The molecule has 0 atom stereocenters. The van der Waals surface area contributed by atoms with E-state index in [4.69, 9.17) is 0 Å². The van der Waals surface area contributed by atoms with Crippen LogP contribution in [0.2, 0.25) is 0 Å². The zero-order valence-corrected chi connectivity index (χ0v) is 6.90. The molecule has 1 aromatic carbocycles. The van der Waals surface area contributed by atoms with E-state index in [9.17, 15) is 0 Å². The lowest BCUT2D eigenvalue weighted by Crippen LogP contribution is -1.80. The summed E-state index contributed by atoms with van der Waals surface area (Å²) in [5.41, 5.74) is 2.64. The maximum Gasteiger partial charge on any atom is 0.0285 e. The summed E-state index contributed by atoms with van der Waals surface area (Å²) in [7, 11) is 0. The van der Waals surface area contributed by atoms with E-state index in [1.54, 1.807) is 0 Å². The van der Waals surface area contributed by atoms with Crippen molar-refractivity contribution >= 4 is 15.9 Å². The van der Waals surface area contributed by atoms with Crippen molar-refractivity contribution in [2.45, 2.75) is 12.3 Å². The predicted octanol–water partition coefficient (Wildman–Crippen LogP) is 2.69. The highest BCUT2D eigenvalue weighted by atomic mass is 79.9. The van der Waals surface area contributed by atoms with Gasteiger partial charge in [0.25, 0.3) is 0 Å². The molecule has 47 valence electrons. The van der Waals surface area contributed by atoms with E-state index < -0.39 is 0 Å². The Bertz CT molecular complexity index is 194. The molecule has 0 aliphatic rings. The fraction of sp³-hybridized carbons (Fsp3) is 0.250. The molecule has 1 radical (unpaired) electrons. The first-order valence-electron chi connectivity index (χ1n) is 2.86. The topological polar surface area (TPSA) is 0 Å². The third-order valence-electron chi connectivity index (χ3n) is 1.34. The molecule has 0 saturated carbocycles. The summed E-state index contributed by atoms with van der Waals surface area (Å²) in [5.74, 6) is 0. The van der Waals surface area contributed by atoms with Crippen LogP contribution < -0.4 is 0 Å². The first-order chi connectivity index (χ1) is 4.34. The van der Waals surface area contributed by atoms with Crippen LogP contribution in [0.15, 0.2) is 18.2 Å². The molecule has 0 aliphatic carbocycles. The van der Waals surface area contributed by atoms with E-state index in [1.165, 1.54) is 11.1 Å². The second kappa shape index (κ2) is 3.02. The Balaban J connectivity index is 3.01. The van der Waals surface area contributed by atoms with Gasteiger partial charge in [-0.15, -0.1) is 0 Å². The summed E-state index contributed by atoms with van der Waals surface area (Å²) in [6, 6.07) is 9.02. The Kier molecular flexibility index (Phi) is 2.29. The number of hydrogen-bond acceptors (Lipinski definition) is 0. The van der Waals surface area contributed by atoms with Crippen molar-refractivity contribution in [2.24, 2.45) is 0 Å². The summed E-state index contributed by atoms with van der Waals surface area (Å²) < 4.78 is 0. The molecule has 0 fully saturated rings. The lowest BCUT2D eigenvalue weighted by Gasteiger charge is -1.97. The highest BCUT2D eigenvalue weighted by Gasteiger charge is 1.90. The van der Waals surface area contributed by atoms with Gasteiger partial charge >= 0.3 is 0 Å². The monoisotopic (exact) mass is 183 g/mol. The zero-order chi connectivity index (χ0) is 6.69. The maximum atomic E-state index is 3.39. The standard InChI is InChI=1S/C8H8Br/c1-7-4-2-3-5-8(7)6-9/h2,4-5H,6H2,1H3. The predicted molar refractivity (Wildman–Crippen MR) is 42.6 cm³/mol. The average molecular weight is 184 g/mol. The van der Waals surface area contributed by atoms with Crippen molar-refractivity contribution in [3.8, 4) is 0 Å². The second-order valence-corrected chi connectivity index (χ2v) is 2.55. The van der Waals surface area contributed by atoms with Crippen molar-refractivity contribution in [1.29, 1.82) is 0 Å². The van der Waals surface area contributed by atoms with E-state index >= 15 is 0 Å². The molecule has 0 unspecified atom stereocenters. The molecular formula is C8H8Br. The number of rotatable bonds is 1. The summed E-state index contributed by atoms with van der Waals surface area (Å²) in [6.07, 6.45) is 0. The van der Waals surface area contributed by atoms with Crippen LogP contribution in [-0.2, 0) is 5.33 Å². The molecule has 9 heavy (non-hydrogen) atoms. The molecule has 1 rings (SSSR count). The van der Waals surface area contributed by atoms with Crippen LogP contribution in [0.5, 0.6) is 0 Å². The maximum absolute atomic E-state index is 3.39. The van der Waals surface area contributed by atoms with Gasteiger partial charge in [0.2, 0.25) is 0 Å². The molecule has 0 aromatic heterocycles. The lowest BCUT2D eigenvalue weighted by atomic mass is 10.1. The third kappa shape index (κ3) is 1.55. The molecule has 0 nitrogen and oxygen atoms in total. The number of hydrogen-bond donors (Lipinski definition) is 0. The minimum absolute atomic E-state index is 0.927. The van der Waals surface area contributed by atoms with E-state index in [0.29, 0.717) is 0 Å². The van der Waals surface area contributed by atoms with Gasteiger partial charge in [0.1, 0.15) is 0 Å². The van der Waals surface area contributed by atoms with Crippen molar-refractivity contribution in [3.05, 3.63) is 35.4 Å². The van der Waals surface area contributed by atoms with Gasteiger partial charge in [-0.2, -0.15) is 0 Å². The van der Waals surface area contributed by atoms with Crippen LogP contribution in [0.1, 0.15) is 11.1 Å². The van der Waals surface area contributed by atoms with E-state index in [2.05, 4.69) is 35.0 Å². The largest absolute Gasteiger partial charge is 0.0876 e. The molecule has 0 heterocycles. The quantitative estimate of drug-likeness (QED) is 0.588. The van der Waals surface area contributed by atoms with Gasteiger partial charge in [-0.3, -0.25) is 0 Å². The minimum Gasteiger partial charge on any atom is -0.0876 e. The van der Waals surface area contributed by atoms with Gasteiger partial charge < -0.3 is 0 Å².